The molecule has 1 amide bonds. The van der Waals surface area contributed by atoms with E-state index in [1.165, 1.54) is 0 Å². The first-order chi connectivity index (χ1) is 17.6. The van der Waals surface area contributed by atoms with Crippen molar-refractivity contribution in [2.24, 2.45) is 7.05 Å². The third-order valence-electron chi connectivity index (χ3n) is 6.35. The van der Waals surface area contributed by atoms with E-state index in [-0.39, 0.29) is 18.1 Å². The molecule has 1 N–H and O–H groups in total. The largest absolute Gasteiger partial charge is 0.481 e. The lowest BCUT2D eigenvalue weighted by Gasteiger charge is -2.32. The second-order valence-electron chi connectivity index (χ2n) is 8.68. The number of pyridine rings is 1. The van der Waals surface area contributed by atoms with Crippen molar-refractivity contribution in [2.75, 3.05) is 11.5 Å². The van der Waals surface area contributed by atoms with Crippen molar-refractivity contribution in [3.8, 4) is 28.4 Å². The van der Waals surface area contributed by atoms with Crippen molar-refractivity contribution in [2.45, 2.75) is 6.54 Å². The van der Waals surface area contributed by atoms with Crippen molar-refractivity contribution >= 4 is 22.5 Å². The van der Waals surface area contributed by atoms with Gasteiger partial charge in [-0.25, -0.2) is 0 Å². The van der Waals surface area contributed by atoms with Gasteiger partial charge in [0.05, 0.1) is 6.54 Å². The SMILES string of the molecule is Cn1cc(-c2ccc3c(c2Oc2ccccc2)N(Cc2ccccc2)C(=O)CO3)c2cc[nH]c2c1=O. The van der Waals surface area contributed by atoms with E-state index in [0.29, 0.717) is 35.0 Å². The van der Waals surface area contributed by atoms with E-state index < -0.39 is 0 Å². The van der Waals surface area contributed by atoms with Crippen molar-refractivity contribution < 1.29 is 14.3 Å². The highest BCUT2D eigenvalue weighted by atomic mass is 16.5. The van der Waals surface area contributed by atoms with Crippen LogP contribution in [0.15, 0.2) is 96.1 Å². The number of hydrogen-bond acceptors (Lipinski definition) is 4. The molecule has 0 saturated heterocycles. The molecule has 178 valence electrons. The number of rotatable bonds is 5. The topological polar surface area (TPSA) is 76.6 Å². The number of H-pyrrole nitrogens is 1. The Kier molecular flexibility index (Phi) is 5.30. The number of aromatic nitrogens is 2. The van der Waals surface area contributed by atoms with Crippen LogP contribution in [0.25, 0.3) is 22.0 Å². The molecule has 0 unspecified atom stereocenters. The summed E-state index contributed by atoms with van der Waals surface area (Å²) in [7, 11) is 1.72. The van der Waals surface area contributed by atoms with Gasteiger partial charge in [0.25, 0.3) is 11.5 Å². The first-order valence-corrected chi connectivity index (χ1v) is 11.6. The van der Waals surface area contributed by atoms with Crippen molar-refractivity contribution in [3.63, 3.8) is 0 Å². The van der Waals surface area contributed by atoms with Crippen LogP contribution in [0.1, 0.15) is 5.56 Å². The van der Waals surface area contributed by atoms with E-state index in [1.54, 1.807) is 28.9 Å². The standard InChI is InChI=1S/C29H23N3O4/c1-31-17-23(21-14-15-30-26(21)29(31)34)22-12-13-24-27(28(22)36-20-10-6-3-7-11-20)32(25(33)18-35-24)16-19-8-4-2-5-9-19/h2-15,17,30H,16,18H2,1H3. The van der Waals surface area contributed by atoms with Crippen LogP contribution in [-0.4, -0.2) is 22.1 Å². The van der Waals surface area contributed by atoms with E-state index in [2.05, 4.69) is 4.98 Å². The molecule has 2 aromatic heterocycles. The second-order valence-corrected chi connectivity index (χ2v) is 8.68. The Morgan fingerprint density at radius 1 is 0.917 bits per heavy atom. The number of fused-ring (bicyclic) bond motifs is 2. The number of hydrogen-bond donors (Lipinski definition) is 1. The normalized spacial score (nSPS) is 12.9. The van der Waals surface area contributed by atoms with Gasteiger partial charge in [-0.05, 0) is 35.9 Å². The van der Waals surface area contributed by atoms with Gasteiger partial charge in [-0.3, -0.25) is 14.5 Å². The first kappa shape index (κ1) is 21.7. The third-order valence-corrected chi connectivity index (χ3v) is 6.35. The molecule has 0 atom stereocenters. The van der Waals surface area contributed by atoms with Crippen LogP contribution in [0.4, 0.5) is 5.69 Å². The predicted molar refractivity (Wildman–Crippen MR) is 139 cm³/mol. The molecular weight excluding hydrogens is 454 g/mol. The minimum absolute atomic E-state index is 0.0498. The first-order valence-electron chi connectivity index (χ1n) is 11.6. The summed E-state index contributed by atoms with van der Waals surface area (Å²) < 4.78 is 13.9. The minimum atomic E-state index is -0.159. The zero-order valence-electron chi connectivity index (χ0n) is 19.6. The molecule has 3 heterocycles. The fourth-order valence-corrected chi connectivity index (χ4v) is 4.61. The summed E-state index contributed by atoms with van der Waals surface area (Å²) in [5.74, 6) is 1.52. The molecule has 1 aliphatic rings. The molecule has 0 saturated carbocycles. The van der Waals surface area contributed by atoms with Crippen LogP contribution >= 0.6 is 0 Å². The van der Waals surface area contributed by atoms with E-state index in [4.69, 9.17) is 9.47 Å². The average Bonchev–Trinajstić information content (AvgIpc) is 3.40. The number of amides is 1. The van der Waals surface area contributed by atoms with Crippen LogP contribution in [-0.2, 0) is 18.4 Å². The molecular formula is C29H23N3O4. The number of benzene rings is 3. The van der Waals surface area contributed by atoms with Gasteiger partial charge < -0.3 is 19.0 Å². The van der Waals surface area contributed by atoms with Gasteiger partial charge in [-0.1, -0.05) is 48.5 Å². The van der Waals surface area contributed by atoms with Crippen LogP contribution in [0.5, 0.6) is 17.2 Å². The van der Waals surface area contributed by atoms with Gasteiger partial charge in [0.15, 0.2) is 12.4 Å². The Balaban J connectivity index is 1.61. The molecule has 7 nitrogen and oxygen atoms in total. The number of para-hydroxylation sites is 1. The fourth-order valence-electron chi connectivity index (χ4n) is 4.61. The number of aryl methyl sites for hydroxylation is 1. The van der Waals surface area contributed by atoms with Crippen molar-refractivity contribution in [1.29, 1.82) is 0 Å². The molecule has 0 fully saturated rings. The van der Waals surface area contributed by atoms with E-state index >= 15 is 0 Å². The van der Waals surface area contributed by atoms with Gasteiger partial charge in [0.1, 0.15) is 22.7 Å². The maximum Gasteiger partial charge on any atom is 0.274 e. The molecule has 3 aromatic carbocycles. The predicted octanol–water partition coefficient (Wildman–Crippen LogP) is 5.25. The average molecular weight is 478 g/mol. The van der Waals surface area contributed by atoms with E-state index in [0.717, 1.165) is 22.1 Å². The molecule has 1 aliphatic heterocycles. The zero-order valence-corrected chi connectivity index (χ0v) is 19.6. The summed E-state index contributed by atoms with van der Waals surface area (Å²) in [6.07, 6.45) is 3.55. The van der Waals surface area contributed by atoms with Crippen LogP contribution in [0.2, 0.25) is 0 Å². The smallest absolute Gasteiger partial charge is 0.274 e. The lowest BCUT2D eigenvalue weighted by Crippen LogP contribution is -2.38. The fraction of sp³-hybridized carbons (Fsp3) is 0.103. The minimum Gasteiger partial charge on any atom is -0.481 e. The van der Waals surface area contributed by atoms with Crippen LogP contribution in [0, 0.1) is 0 Å². The van der Waals surface area contributed by atoms with Gasteiger partial charge in [0.2, 0.25) is 0 Å². The number of aromatic amines is 1. The summed E-state index contributed by atoms with van der Waals surface area (Å²) in [5.41, 5.74) is 3.49. The number of nitrogens with one attached hydrogen (secondary N) is 1. The Morgan fingerprint density at radius 2 is 1.67 bits per heavy atom. The van der Waals surface area contributed by atoms with Crippen LogP contribution < -0.4 is 19.9 Å². The number of anilines is 1. The maximum absolute atomic E-state index is 13.2. The summed E-state index contributed by atoms with van der Waals surface area (Å²) in [4.78, 5) is 30.7. The molecule has 0 bridgehead atoms. The van der Waals surface area contributed by atoms with E-state index in [9.17, 15) is 9.59 Å². The lowest BCUT2D eigenvalue weighted by atomic mass is 10.00. The maximum atomic E-state index is 13.2. The third kappa shape index (κ3) is 3.71. The van der Waals surface area contributed by atoms with Gasteiger partial charge in [-0.2, -0.15) is 0 Å². The highest BCUT2D eigenvalue weighted by molar-refractivity contribution is 6.04. The highest BCUT2D eigenvalue weighted by Gasteiger charge is 2.32. The Labute approximate surface area is 207 Å². The quantitative estimate of drug-likeness (QED) is 0.375. The summed E-state index contributed by atoms with van der Waals surface area (Å²) in [6.45, 7) is 0.323. The number of carbonyl (C=O) groups excluding carboxylic acids is 1. The van der Waals surface area contributed by atoms with Crippen molar-refractivity contribution in [1.82, 2.24) is 9.55 Å². The van der Waals surface area contributed by atoms with Gasteiger partial charge >= 0.3 is 0 Å². The summed E-state index contributed by atoms with van der Waals surface area (Å²) in [6, 6.07) is 24.9. The number of ether oxygens (including phenoxy) is 2. The van der Waals surface area contributed by atoms with Gasteiger partial charge in [0, 0.05) is 36.0 Å². The van der Waals surface area contributed by atoms with Crippen LogP contribution in [0.3, 0.4) is 0 Å². The number of nitrogens with zero attached hydrogens (tertiary/aromatic N) is 2. The molecule has 0 spiro atoms. The Hall–Kier alpha value is -4.78. The van der Waals surface area contributed by atoms with E-state index in [1.807, 2.05) is 78.9 Å². The summed E-state index contributed by atoms with van der Waals surface area (Å²) >= 11 is 0. The zero-order chi connectivity index (χ0) is 24.6. The van der Waals surface area contributed by atoms with Crippen molar-refractivity contribution in [3.05, 3.63) is 107 Å². The molecule has 5 aromatic rings. The summed E-state index contributed by atoms with van der Waals surface area (Å²) in [5, 5.41) is 0.772. The highest BCUT2D eigenvalue weighted by Crippen LogP contribution is 2.49. The molecule has 7 heteroatoms. The molecule has 0 radical (unpaired) electrons. The lowest BCUT2D eigenvalue weighted by molar-refractivity contribution is -0.121. The Bertz CT molecular complexity index is 1640. The van der Waals surface area contributed by atoms with Gasteiger partial charge in [-0.15, -0.1) is 0 Å². The Morgan fingerprint density at radius 3 is 2.44 bits per heavy atom. The number of carbonyl (C=O) groups is 1. The molecule has 36 heavy (non-hydrogen) atoms. The molecule has 0 aliphatic carbocycles. The monoisotopic (exact) mass is 477 g/mol. The molecule has 6 rings (SSSR count). The second kappa shape index (κ2) is 8.78.